The summed E-state index contributed by atoms with van der Waals surface area (Å²) in [5.41, 5.74) is 0.975. The predicted octanol–water partition coefficient (Wildman–Crippen LogP) is 1.45. The van der Waals surface area contributed by atoms with Gasteiger partial charge in [-0.3, -0.25) is 4.18 Å². The smallest absolute Gasteiger partial charge is 0.297 e. The Hall–Kier alpha value is -1.27. The van der Waals surface area contributed by atoms with Crippen LogP contribution in [-0.4, -0.2) is 141 Å². The average molecular weight is 613 g/mol. The van der Waals surface area contributed by atoms with Crippen LogP contribution >= 0.6 is 0 Å². The lowest BCUT2D eigenvalue weighted by atomic mass is 10.2. The lowest BCUT2D eigenvalue weighted by Crippen LogP contribution is -2.21. The van der Waals surface area contributed by atoms with Crippen LogP contribution < -0.4 is 0 Å². The zero-order valence-electron chi connectivity index (χ0n) is 24.6. The quantitative estimate of drug-likeness (QED) is 0.0705. The van der Waals surface area contributed by atoms with Crippen LogP contribution in [0.25, 0.3) is 0 Å². The van der Waals surface area contributed by atoms with Crippen molar-refractivity contribution in [2.45, 2.75) is 18.1 Å². The molecule has 0 spiro atoms. The molecular formula is C27H48O13S. The predicted molar refractivity (Wildman–Crippen MR) is 149 cm³/mol. The summed E-state index contributed by atoms with van der Waals surface area (Å²) < 4.78 is 82.3. The lowest BCUT2D eigenvalue weighted by Gasteiger charge is -2.13. The third-order valence-corrected chi connectivity index (χ3v) is 6.49. The maximum atomic E-state index is 12.1. The fraction of sp³-hybridized carbons (Fsp3) is 0.778. The van der Waals surface area contributed by atoms with Crippen LogP contribution in [0.1, 0.15) is 5.56 Å². The Morgan fingerprint density at radius 3 is 1.17 bits per heavy atom. The van der Waals surface area contributed by atoms with Crippen molar-refractivity contribution < 1.29 is 60.0 Å². The Morgan fingerprint density at radius 2 is 0.829 bits per heavy atom. The van der Waals surface area contributed by atoms with E-state index in [1.54, 1.807) is 26.4 Å². The van der Waals surface area contributed by atoms with Gasteiger partial charge in [-0.25, -0.2) is 0 Å². The van der Waals surface area contributed by atoms with E-state index < -0.39 is 10.1 Å². The molecule has 0 amide bonds. The number of rotatable bonds is 30. The van der Waals surface area contributed by atoms with E-state index in [4.69, 9.17) is 51.6 Å². The molecule has 41 heavy (non-hydrogen) atoms. The summed E-state index contributed by atoms with van der Waals surface area (Å²) >= 11 is 0. The molecule has 14 heteroatoms. The van der Waals surface area contributed by atoms with Crippen LogP contribution in [0.5, 0.6) is 0 Å². The highest BCUT2D eigenvalue weighted by Crippen LogP contribution is 2.12. The number of ether oxygens (including phenoxy) is 10. The topological polar surface area (TPSA) is 136 Å². The van der Waals surface area contributed by atoms with Gasteiger partial charge in [0.05, 0.1) is 117 Å². The van der Waals surface area contributed by atoms with E-state index in [1.165, 1.54) is 12.1 Å². The fourth-order valence-electron chi connectivity index (χ4n) is 2.93. The monoisotopic (exact) mass is 612 g/mol. The molecule has 240 valence electrons. The molecule has 0 heterocycles. The zero-order chi connectivity index (χ0) is 29.9. The summed E-state index contributed by atoms with van der Waals surface area (Å²) in [4.78, 5) is 0.128. The summed E-state index contributed by atoms with van der Waals surface area (Å²) in [6, 6.07) is 6.48. The van der Waals surface area contributed by atoms with Crippen LogP contribution in [0.2, 0.25) is 0 Å². The zero-order valence-corrected chi connectivity index (χ0v) is 25.4. The molecular weight excluding hydrogens is 564 g/mol. The summed E-state index contributed by atoms with van der Waals surface area (Å²) in [7, 11) is -0.644. The molecule has 0 saturated heterocycles. The third kappa shape index (κ3) is 22.0. The van der Waals surface area contributed by atoms with Gasteiger partial charge in [-0.2, -0.15) is 8.42 Å². The molecule has 0 aromatic heterocycles. The lowest BCUT2D eigenvalue weighted by molar-refractivity contribution is -0.143. The van der Waals surface area contributed by atoms with Crippen LogP contribution in [-0.2, 0) is 61.7 Å². The number of hydrogen-bond acceptors (Lipinski definition) is 13. The maximum Gasteiger partial charge on any atom is 0.297 e. The van der Waals surface area contributed by atoms with Gasteiger partial charge in [0, 0.05) is 14.2 Å². The van der Waals surface area contributed by atoms with Crippen LogP contribution in [0, 0.1) is 6.92 Å². The van der Waals surface area contributed by atoms with Gasteiger partial charge in [0.1, 0.15) is 0 Å². The number of benzene rings is 1. The highest BCUT2D eigenvalue weighted by atomic mass is 32.2. The Labute approximate surface area is 244 Å². The van der Waals surface area contributed by atoms with E-state index in [2.05, 4.69) is 0 Å². The molecule has 13 nitrogen and oxygen atoms in total. The largest absolute Gasteiger partial charge is 0.377 e. The van der Waals surface area contributed by atoms with Crippen molar-refractivity contribution in [3.05, 3.63) is 29.8 Å². The number of aryl methyl sites for hydroxylation is 1. The first kappa shape index (κ1) is 37.8. The Balaban J connectivity index is 1.73. The van der Waals surface area contributed by atoms with Gasteiger partial charge in [-0.05, 0) is 19.1 Å². The Kier molecular flexibility index (Phi) is 24.3. The van der Waals surface area contributed by atoms with Crippen LogP contribution in [0.15, 0.2) is 29.2 Å². The second-order valence-electron chi connectivity index (χ2n) is 8.35. The van der Waals surface area contributed by atoms with E-state index in [1.807, 2.05) is 6.92 Å². The fourth-order valence-corrected chi connectivity index (χ4v) is 3.82. The van der Waals surface area contributed by atoms with Gasteiger partial charge >= 0.3 is 0 Å². The van der Waals surface area contributed by atoms with E-state index in [0.29, 0.717) is 99.1 Å². The van der Waals surface area contributed by atoms with E-state index in [9.17, 15) is 8.42 Å². The summed E-state index contributed by atoms with van der Waals surface area (Å²) in [5, 5.41) is 0. The number of hydrogen-bond donors (Lipinski definition) is 0. The van der Waals surface area contributed by atoms with Gasteiger partial charge in [-0.15, -0.1) is 0 Å². The van der Waals surface area contributed by atoms with Crippen molar-refractivity contribution in [3.63, 3.8) is 0 Å². The second kappa shape index (κ2) is 26.4. The highest BCUT2D eigenvalue weighted by Gasteiger charge is 2.14. The molecule has 0 aliphatic rings. The minimum atomic E-state index is -3.77. The Morgan fingerprint density at radius 1 is 0.512 bits per heavy atom. The van der Waals surface area contributed by atoms with Crippen molar-refractivity contribution >= 4 is 10.1 Å². The molecule has 0 aliphatic heterocycles. The molecule has 0 saturated carbocycles. The molecule has 1 aromatic rings. The minimum Gasteiger partial charge on any atom is -0.377 e. The first-order chi connectivity index (χ1) is 20.0. The minimum absolute atomic E-state index is 0.0580. The second-order valence-corrected chi connectivity index (χ2v) is 9.97. The van der Waals surface area contributed by atoms with Crippen LogP contribution in [0.3, 0.4) is 0 Å². The SMILES string of the molecule is COC(COCCOCCOCCOCCOCCOCCOCCOCCOS(=O)(=O)c1ccc(C)cc1)OC. The van der Waals surface area contributed by atoms with Crippen molar-refractivity contribution in [1.29, 1.82) is 0 Å². The van der Waals surface area contributed by atoms with Gasteiger partial charge < -0.3 is 47.4 Å². The first-order valence-electron chi connectivity index (χ1n) is 13.6. The standard InChI is InChI=1S/C27H48O13S/c1-25-4-6-26(7-5-25)41(28,29)40-23-22-38-19-18-36-15-14-34-11-10-32-8-9-33-12-13-35-16-17-37-20-21-39-24-27(30-2)31-3/h4-7,27H,8-24H2,1-3H3. The van der Waals surface area contributed by atoms with E-state index >= 15 is 0 Å². The normalized spacial score (nSPS) is 12.0. The molecule has 0 bridgehead atoms. The van der Waals surface area contributed by atoms with Gasteiger partial charge in [0.25, 0.3) is 10.1 Å². The van der Waals surface area contributed by atoms with Crippen molar-refractivity contribution in [2.24, 2.45) is 0 Å². The first-order valence-corrected chi connectivity index (χ1v) is 15.0. The molecule has 0 atom stereocenters. The van der Waals surface area contributed by atoms with Crippen molar-refractivity contribution in [2.75, 3.05) is 127 Å². The van der Waals surface area contributed by atoms with Crippen molar-refractivity contribution in [1.82, 2.24) is 0 Å². The maximum absolute atomic E-state index is 12.1. The molecule has 0 unspecified atom stereocenters. The molecule has 0 radical (unpaired) electrons. The summed E-state index contributed by atoms with van der Waals surface area (Å²) in [5.74, 6) is 0. The van der Waals surface area contributed by atoms with E-state index in [-0.39, 0.29) is 24.4 Å². The van der Waals surface area contributed by atoms with Crippen molar-refractivity contribution in [3.8, 4) is 0 Å². The molecule has 0 N–H and O–H groups in total. The average Bonchev–Trinajstić information content (AvgIpc) is 2.97. The molecule has 0 fully saturated rings. The summed E-state index contributed by atoms with van der Waals surface area (Å²) in [6.45, 7) is 8.68. The van der Waals surface area contributed by atoms with Gasteiger partial charge in [0.15, 0.2) is 6.29 Å². The number of methoxy groups -OCH3 is 2. The molecule has 1 aromatic carbocycles. The Bertz CT molecular complexity index is 804. The van der Waals surface area contributed by atoms with Gasteiger partial charge in [-0.1, -0.05) is 17.7 Å². The highest BCUT2D eigenvalue weighted by molar-refractivity contribution is 7.86. The van der Waals surface area contributed by atoms with Gasteiger partial charge in [0.2, 0.25) is 0 Å². The third-order valence-electron chi connectivity index (χ3n) is 5.16. The molecule has 1 rings (SSSR count). The van der Waals surface area contributed by atoms with E-state index in [0.717, 1.165) is 5.56 Å². The summed E-state index contributed by atoms with van der Waals surface area (Å²) in [6.07, 6.45) is -0.359. The molecule has 0 aliphatic carbocycles. The van der Waals surface area contributed by atoms with Crippen LogP contribution in [0.4, 0.5) is 0 Å².